The van der Waals surface area contributed by atoms with Crippen molar-refractivity contribution in [3.63, 3.8) is 0 Å². The highest BCUT2D eigenvalue weighted by Crippen LogP contribution is 2.23. The molecule has 128 valence electrons. The van der Waals surface area contributed by atoms with E-state index in [1.807, 2.05) is 12.1 Å². The molecule has 0 aliphatic rings. The van der Waals surface area contributed by atoms with Crippen molar-refractivity contribution in [2.45, 2.75) is 78.1 Å². The lowest BCUT2D eigenvalue weighted by Crippen LogP contribution is -2.11. The Morgan fingerprint density at radius 3 is 2.17 bits per heavy atom. The molecule has 0 spiro atoms. The van der Waals surface area contributed by atoms with Gasteiger partial charge in [-0.1, -0.05) is 71.4 Å². The van der Waals surface area contributed by atoms with Gasteiger partial charge in [-0.25, -0.2) is 4.79 Å². The van der Waals surface area contributed by atoms with E-state index in [-0.39, 0.29) is 6.42 Å². The fourth-order valence-electron chi connectivity index (χ4n) is 2.58. The minimum atomic E-state index is -0.563. The van der Waals surface area contributed by atoms with Gasteiger partial charge in [-0.2, -0.15) is 0 Å². The molecule has 0 N–H and O–H groups in total. The van der Waals surface area contributed by atoms with Crippen LogP contribution in [-0.4, -0.2) is 11.9 Å². The molecule has 23 heavy (non-hydrogen) atoms. The van der Waals surface area contributed by atoms with Gasteiger partial charge in [-0.15, -0.1) is 0 Å². The molecule has 0 bridgehead atoms. The second-order valence-corrected chi connectivity index (χ2v) is 6.19. The molecule has 3 heteroatoms. The van der Waals surface area contributed by atoms with Crippen LogP contribution in [-0.2, 0) is 9.53 Å². The zero-order valence-corrected chi connectivity index (χ0v) is 14.8. The number of carbonyl (C=O) groups is 2. The summed E-state index contributed by atoms with van der Waals surface area (Å²) in [6, 6.07) is 7.43. The highest BCUT2D eigenvalue weighted by atomic mass is 16.6. The van der Waals surface area contributed by atoms with Crippen LogP contribution in [0.25, 0.3) is 0 Å². The van der Waals surface area contributed by atoms with E-state index in [1.54, 1.807) is 19.1 Å². The van der Waals surface area contributed by atoms with E-state index in [2.05, 4.69) is 13.8 Å². The molecule has 1 rings (SSSR count). The Labute approximate surface area is 140 Å². The molecular weight excluding hydrogens is 288 g/mol. The molecule has 1 aromatic rings. The van der Waals surface area contributed by atoms with Gasteiger partial charge in [-0.3, -0.25) is 4.79 Å². The molecular formula is C20H30O3. The third-order valence-corrected chi connectivity index (χ3v) is 4.20. The predicted molar refractivity (Wildman–Crippen MR) is 93.6 cm³/mol. The van der Waals surface area contributed by atoms with Crippen molar-refractivity contribution in [3.8, 4) is 0 Å². The normalized spacial score (nSPS) is 12.0. The van der Waals surface area contributed by atoms with Crippen LogP contribution >= 0.6 is 0 Å². The van der Waals surface area contributed by atoms with E-state index < -0.39 is 11.9 Å². The number of rotatable bonds is 10. The van der Waals surface area contributed by atoms with Crippen molar-refractivity contribution in [3.05, 3.63) is 35.4 Å². The molecule has 0 radical (unpaired) electrons. The van der Waals surface area contributed by atoms with E-state index in [9.17, 15) is 9.59 Å². The van der Waals surface area contributed by atoms with Gasteiger partial charge in [-0.05, 0) is 30.0 Å². The zero-order valence-electron chi connectivity index (χ0n) is 14.8. The summed E-state index contributed by atoms with van der Waals surface area (Å²) in [4.78, 5) is 22.9. The Kier molecular flexibility index (Phi) is 9.27. The Morgan fingerprint density at radius 1 is 0.957 bits per heavy atom. The Bertz CT molecular complexity index is 476. The van der Waals surface area contributed by atoms with Crippen LogP contribution in [0, 0.1) is 0 Å². The van der Waals surface area contributed by atoms with Crippen molar-refractivity contribution in [1.29, 1.82) is 0 Å². The monoisotopic (exact) mass is 318 g/mol. The summed E-state index contributed by atoms with van der Waals surface area (Å²) in [5.41, 5.74) is 1.67. The van der Waals surface area contributed by atoms with Crippen LogP contribution in [0.5, 0.6) is 0 Å². The molecule has 0 amide bonds. The fourth-order valence-corrected chi connectivity index (χ4v) is 2.58. The first-order valence-electron chi connectivity index (χ1n) is 8.93. The second-order valence-electron chi connectivity index (χ2n) is 6.19. The Balaban J connectivity index is 2.40. The van der Waals surface area contributed by atoms with Gasteiger partial charge in [0, 0.05) is 6.42 Å². The van der Waals surface area contributed by atoms with E-state index in [0.717, 1.165) is 0 Å². The maximum absolute atomic E-state index is 11.7. The van der Waals surface area contributed by atoms with Crippen molar-refractivity contribution < 1.29 is 14.3 Å². The third kappa shape index (κ3) is 7.45. The van der Waals surface area contributed by atoms with Crippen LogP contribution in [0.2, 0.25) is 0 Å². The van der Waals surface area contributed by atoms with Crippen LogP contribution in [0.4, 0.5) is 0 Å². The van der Waals surface area contributed by atoms with E-state index in [4.69, 9.17) is 4.74 Å². The molecule has 0 aliphatic carbocycles. The molecule has 0 aromatic heterocycles. The number of hydrogen-bond donors (Lipinski definition) is 0. The molecule has 3 nitrogen and oxygen atoms in total. The fraction of sp³-hybridized carbons (Fsp3) is 0.600. The predicted octanol–water partition coefficient (Wildman–Crippen LogP) is 5.63. The SMILES string of the molecule is CCCCCCCCC(C)c1ccc(C(=O)OC(=O)CC)cc1. The molecule has 0 heterocycles. The topological polar surface area (TPSA) is 43.4 Å². The van der Waals surface area contributed by atoms with Crippen LogP contribution in [0.3, 0.4) is 0 Å². The highest BCUT2D eigenvalue weighted by molar-refractivity contribution is 5.96. The van der Waals surface area contributed by atoms with Crippen molar-refractivity contribution in [2.24, 2.45) is 0 Å². The van der Waals surface area contributed by atoms with Crippen LogP contribution in [0.15, 0.2) is 24.3 Å². The van der Waals surface area contributed by atoms with Crippen LogP contribution < -0.4 is 0 Å². The molecule has 1 aromatic carbocycles. The first kappa shape index (κ1) is 19.4. The minimum absolute atomic E-state index is 0.207. The molecule has 0 aliphatic heterocycles. The van der Waals surface area contributed by atoms with Gasteiger partial charge in [0.15, 0.2) is 0 Å². The van der Waals surface area contributed by atoms with Gasteiger partial charge >= 0.3 is 11.9 Å². The first-order valence-corrected chi connectivity index (χ1v) is 8.93. The van der Waals surface area contributed by atoms with Gasteiger partial charge in [0.2, 0.25) is 0 Å². The summed E-state index contributed by atoms with van der Waals surface area (Å²) in [5.74, 6) is -0.564. The molecule has 1 unspecified atom stereocenters. The highest BCUT2D eigenvalue weighted by Gasteiger charge is 2.12. The summed E-state index contributed by atoms with van der Waals surface area (Å²) in [6.45, 7) is 6.13. The van der Waals surface area contributed by atoms with Gasteiger partial charge in [0.25, 0.3) is 0 Å². The average molecular weight is 318 g/mol. The molecule has 0 saturated heterocycles. The van der Waals surface area contributed by atoms with E-state index in [1.165, 1.54) is 50.5 Å². The maximum atomic E-state index is 11.7. The summed E-state index contributed by atoms with van der Waals surface area (Å²) >= 11 is 0. The lowest BCUT2D eigenvalue weighted by atomic mass is 9.94. The van der Waals surface area contributed by atoms with Gasteiger partial charge < -0.3 is 4.74 Å². The van der Waals surface area contributed by atoms with E-state index in [0.29, 0.717) is 11.5 Å². The molecule has 0 saturated carbocycles. The smallest absolute Gasteiger partial charge is 0.345 e. The Morgan fingerprint density at radius 2 is 1.57 bits per heavy atom. The van der Waals surface area contributed by atoms with Crippen molar-refractivity contribution in [2.75, 3.05) is 0 Å². The summed E-state index contributed by atoms with van der Waals surface area (Å²) < 4.78 is 4.72. The standard InChI is InChI=1S/C20H30O3/c1-4-6-7-8-9-10-11-16(3)17-12-14-18(15-13-17)20(22)23-19(21)5-2/h12-16H,4-11H2,1-3H3. The van der Waals surface area contributed by atoms with E-state index >= 15 is 0 Å². The van der Waals surface area contributed by atoms with Crippen LogP contribution in [0.1, 0.15) is 94.0 Å². The first-order chi connectivity index (χ1) is 11.1. The largest absolute Gasteiger partial charge is 0.389 e. The summed E-state index contributed by atoms with van der Waals surface area (Å²) in [6.07, 6.45) is 9.23. The number of unbranched alkanes of at least 4 members (excludes halogenated alkanes) is 5. The number of benzene rings is 1. The maximum Gasteiger partial charge on any atom is 0.345 e. The zero-order chi connectivity index (χ0) is 17.1. The van der Waals surface area contributed by atoms with Gasteiger partial charge in [0.1, 0.15) is 0 Å². The average Bonchev–Trinajstić information content (AvgIpc) is 2.57. The lowest BCUT2D eigenvalue weighted by Gasteiger charge is -2.12. The molecule has 1 atom stereocenters. The number of hydrogen-bond acceptors (Lipinski definition) is 3. The van der Waals surface area contributed by atoms with Crippen molar-refractivity contribution >= 4 is 11.9 Å². The minimum Gasteiger partial charge on any atom is -0.389 e. The third-order valence-electron chi connectivity index (χ3n) is 4.20. The quantitative estimate of drug-likeness (QED) is 0.319. The lowest BCUT2D eigenvalue weighted by molar-refractivity contribution is -0.137. The molecule has 0 fully saturated rings. The number of carbonyl (C=O) groups excluding carboxylic acids is 2. The van der Waals surface area contributed by atoms with Crippen molar-refractivity contribution in [1.82, 2.24) is 0 Å². The summed E-state index contributed by atoms with van der Waals surface area (Å²) in [7, 11) is 0. The summed E-state index contributed by atoms with van der Waals surface area (Å²) in [5, 5.41) is 0. The second kappa shape index (κ2) is 11.0. The number of ether oxygens (including phenoxy) is 1. The van der Waals surface area contributed by atoms with Gasteiger partial charge in [0.05, 0.1) is 5.56 Å². The Hall–Kier alpha value is -1.64. The number of esters is 2.